The Morgan fingerprint density at radius 2 is 1.54 bits per heavy atom. The Morgan fingerprint density at radius 1 is 1.00 bits per heavy atom. The standard InChI is InChI=1S/C16H18BF3N2O2/c1-14(2)15(3,4)24-17(23-14)13-9-22(10-21-13)12-7-5-11(6-8-12)16(18,19)20/h5-10H,1-4H3. The van der Waals surface area contributed by atoms with Gasteiger partial charge in [0.25, 0.3) is 0 Å². The monoisotopic (exact) mass is 338 g/mol. The van der Waals surface area contributed by atoms with Crippen LogP contribution in [0.15, 0.2) is 36.8 Å². The SMILES string of the molecule is CC1(C)OB(c2cn(-c3ccc(C(F)(F)F)cc3)cn2)OC1(C)C. The summed E-state index contributed by atoms with van der Waals surface area (Å²) in [5.41, 5.74) is -0.477. The molecule has 0 aliphatic carbocycles. The van der Waals surface area contributed by atoms with Crippen molar-refractivity contribution in [1.82, 2.24) is 9.55 Å². The summed E-state index contributed by atoms with van der Waals surface area (Å²) in [5, 5.41) is 0. The predicted octanol–water partition coefficient (Wildman–Crippen LogP) is 3.19. The molecule has 4 nitrogen and oxygen atoms in total. The first-order valence-electron chi connectivity index (χ1n) is 7.57. The van der Waals surface area contributed by atoms with Crippen molar-refractivity contribution in [3.8, 4) is 5.69 Å². The molecule has 1 aromatic heterocycles. The van der Waals surface area contributed by atoms with Crippen LogP contribution < -0.4 is 5.59 Å². The minimum absolute atomic E-state index is 0.476. The van der Waals surface area contributed by atoms with Crippen LogP contribution in [0.2, 0.25) is 0 Å². The third-order valence-corrected chi connectivity index (χ3v) is 4.59. The van der Waals surface area contributed by atoms with Gasteiger partial charge in [-0.1, -0.05) is 0 Å². The third kappa shape index (κ3) is 2.96. The van der Waals surface area contributed by atoms with Crippen molar-refractivity contribution < 1.29 is 22.5 Å². The van der Waals surface area contributed by atoms with Gasteiger partial charge in [0.2, 0.25) is 0 Å². The van der Waals surface area contributed by atoms with Crippen molar-refractivity contribution >= 4 is 12.7 Å². The molecule has 128 valence electrons. The number of alkyl halides is 3. The zero-order chi connectivity index (χ0) is 17.8. The minimum Gasteiger partial charge on any atom is -0.398 e. The first kappa shape index (κ1) is 17.0. The number of hydrogen-bond acceptors (Lipinski definition) is 3. The fourth-order valence-corrected chi connectivity index (χ4v) is 2.39. The highest BCUT2D eigenvalue weighted by atomic mass is 19.4. The lowest BCUT2D eigenvalue weighted by molar-refractivity contribution is -0.137. The average molecular weight is 338 g/mol. The Balaban J connectivity index is 1.82. The second-order valence-electron chi connectivity index (χ2n) is 6.84. The Hall–Kier alpha value is -1.80. The summed E-state index contributed by atoms with van der Waals surface area (Å²) in [6.07, 6.45) is -1.12. The van der Waals surface area contributed by atoms with Crippen molar-refractivity contribution in [2.24, 2.45) is 0 Å². The van der Waals surface area contributed by atoms with Crippen molar-refractivity contribution in [3.63, 3.8) is 0 Å². The fraction of sp³-hybridized carbons (Fsp3) is 0.438. The highest BCUT2D eigenvalue weighted by molar-refractivity contribution is 6.61. The maximum atomic E-state index is 12.6. The number of imidazole rings is 1. The molecule has 0 saturated carbocycles. The van der Waals surface area contributed by atoms with E-state index in [1.165, 1.54) is 18.5 Å². The maximum Gasteiger partial charge on any atom is 0.516 e. The van der Waals surface area contributed by atoms with Crippen LogP contribution in [-0.2, 0) is 15.5 Å². The van der Waals surface area contributed by atoms with E-state index < -0.39 is 30.1 Å². The largest absolute Gasteiger partial charge is 0.516 e. The van der Waals surface area contributed by atoms with E-state index in [2.05, 4.69) is 4.98 Å². The van der Waals surface area contributed by atoms with E-state index in [0.29, 0.717) is 11.3 Å². The zero-order valence-corrected chi connectivity index (χ0v) is 13.9. The normalized spacial score (nSPS) is 19.7. The lowest BCUT2D eigenvalue weighted by Crippen LogP contribution is -2.41. The number of benzene rings is 1. The molecular formula is C16H18BF3N2O2. The number of aromatic nitrogens is 2. The predicted molar refractivity (Wildman–Crippen MR) is 84.3 cm³/mol. The van der Waals surface area contributed by atoms with Crippen molar-refractivity contribution in [3.05, 3.63) is 42.4 Å². The summed E-state index contributed by atoms with van der Waals surface area (Å²) in [5.74, 6) is 0. The molecule has 0 N–H and O–H groups in total. The average Bonchev–Trinajstić information content (AvgIpc) is 3.02. The van der Waals surface area contributed by atoms with E-state index in [-0.39, 0.29) is 0 Å². The Morgan fingerprint density at radius 3 is 2.04 bits per heavy atom. The summed E-state index contributed by atoms with van der Waals surface area (Å²) in [7, 11) is -0.606. The summed E-state index contributed by atoms with van der Waals surface area (Å²) in [4.78, 5) is 4.27. The minimum atomic E-state index is -4.35. The van der Waals surface area contributed by atoms with Gasteiger partial charge in [-0.25, -0.2) is 4.98 Å². The second kappa shape index (κ2) is 5.36. The van der Waals surface area contributed by atoms with E-state index in [1.54, 1.807) is 10.8 Å². The first-order valence-corrected chi connectivity index (χ1v) is 7.57. The van der Waals surface area contributed by atoms with E-state index in [0.717, 1.165) is 12.1 Å². The molecule has 0 radical (unpaired) electrons. The van der Waals surface area contributed by atoms with E-state index >= 15 is 0 Å². The van der Waals surface area contributed by atoms with Gasteiger partial charge in [-0.3, -0.25) is 0 Å². The quantitative estimate of drug-likeness (QED) is 0.789. The molecule has 2 heterocycles. The molecule has 1 aliphatic heterocycles. The molecule has 1 saturated heterocycles. The number of rotatable bonds is 2. The molecule has 0 spiro atoms. The summed E-state index contributed by atoms with van der Waals surface area (Å²) < 4.78 is 51.3. The fourth-order valence-electron chi connectivity index (χ4n) is 2.39. The van der Waals surface area contributed by atoms with Crippen molar-refractivity contribution in [1.29, 1.82) is 0 Å². The number of nitrogens with zero attached hydrogens (tertiary/aromatic N) is 2. The van der Waals surface area contributed by atoms with Gasteiger partial charge in [0.1, 0.15) is 0 Å². The Labute approximate surface area is 138 Å². The second-order valence-corrected chi connectivity index (χ2v) is 6.84. The van der Waals surface area contributed by atoms with Crippen LogP contribution in [0.3, 0.4) is 0 Å². The molecule has 0 amide bonds. The molecule has 24 heavy (non-hydrogen) atoms. The molecule has 0 unspecified atom stereocenters. The Kier molecular flexibility index (Phi) is 3.80. The van der Waals surface area contributed by atoms with Crippen LogP contribution in [0.4, 0.5) is 13.2 Å². The lowest BCUT2D eigenvalue weighted by atomic mass is 9.86. The summed E-state index contributed by atoms with van der Waals surface area (Å²) in [6.45, 7) is 7.78. The van der Waals surface area contributed by atoms with Gasteiger partial charge in [-0.15, -0.1) is 0 Å². The van der Waals surface area contributed by atoms with E-state index in [1.807, 2.05) is 27.7 Å². The zero-order valence-electron chi connectivity index (χ0n) is 13.9. The van der Waals surface area contributed by atoms with Crippen LogP contribution in [-0.4, -0.2) is 27.9 Å². The van der Waals surface area contributed by atoms with Gasteiger partial charge >= 0.3 is 13.3 Å². The van der Waals surface area contributed by atoms with Crippen LogP contribution in [0.25, 0.3) is 5.69 Å². The highest BCUT2D eigenvalue weighted by Crippen LogP contribution is 2.36. The van der Waals surface area contributed by atoms with E-state index in [9.17, 15) is 13.2 Å². The van der Waals surface area contributed by atoms with Gasteiger partial charge in [0.15, 0.2) is 0 Å². The van der Waals surface area contributed by atoms with Gasteiger partial charge in [0.05, 0.1) is 28.7 Å². The summed E-state index contributed by atoms with van der Waals surface area (Å²) in [6, 6.07) is 4.89. The van der Waals surface area contributed by atoms with Crippen molar-refractivity contribution in [2.45, 2.75) is 45.1 Å². The molecule has 3 rings (SSSR count). The van der Waals surface area contributed by atoms with Gasteiger partial charge in [-0.2, -0.15) is 13.2 Å². The van der Waals surface area contributed by atoms with Crippen LogP contribution in [0, 0.1) is 0 Å². The van der Waals surface area contributed by atoms with Gasteiger partial charge < -0.3 is 13.9 Å². The number of halogens is 3. The van der Waals surface area contributed by atoms with Crippen LogP contribution in [0.5, 0.6) is 0 Å². The van der Waals surface area contributed by atoms with Crippen LogP contribution >= 0.6 is 0 Å². The molecule has 8 heteroatoms. The van der Waals surface area contributed by atoms with Gasteiger partial charge in [-0.05, 0) is 52.0 Å². The highest BCUT2D eigenvalue weighted by Gasteiger charge is 2.52. The Bertz CT molecular complexity index is 723. The molecule has 1 aromatic carbocycles. The summed E-state index contributed by atoms with van der Waals surface area (Å²) >= 11 is 0. The molecule has 2 aromatic rings. The number of hydrogen-bond donors (Lipinski definition) is 0. The molecule has 1 fully saturated rings. The maximum absolute atomic E-state index is 12.6. The molecule has 1 aliphatic rings. The smallest absolute Gasteiger partial charge is 0.398 e. The topological polar surface area (TPSA) is 36.3 Å². The molecule has 0 atom stereocenters. The third-order valence-electron chi connectivity index (χ3n) is 4.59. The lowest BCUT2D eigenvalue weighted by Gasteiger charge is -2.32. The van der Waals surface area contributed by atoms with E-state index in [4.69, 9.17) is 9.31 Å². The first-order chi connectivity index (χ1) is 11.0. The molecule has 0 bridgehead atoms. The van der Waals surface area contributed by atoms with Gasteiger partial charge in [0, 0.05) is 11.9 Å². The molecular weight excluding hydrogens is 320 g/mol. The van der Waals surface area contributed by atoms with Crippen LogP contribution in [0.1, 0.15) is 33.3 Å². The van der Waals surface area contributed by atoms with Crippen molar-refractivity contribution in [2.75, 3.05) is 0 Å².